The Hall–Kier alpha value is -4.43. The maximum atomic E-state index is 12.6. The predicted molar refractivity (Wildman–Crippen MR) is 167 cm³/mol. The highest BCUT2D eigenvalue weighted by Gasteiger charge is 2.27. The molecule has 6 rings (SSSR count). The number of amides is 2. The normalized spacial score (nSPS) is 15.9. The maximum Gasteiger partial charge on any atom is 0.319 e. The number of hydrogen-bond acceptors (Lipinski definition) is 6. The first kappa shape index (κ1) is 27.7. The molecule has 0 radical (unpaired) electrons. The predicted octanol–water partition coefficient (Wildman–Crippen LogP) is 6.06. The third-order valence-corrected chi connectivity index (χ3v) is 8.22. The van der Waals surface area contributed by atoms with E-state index < -0.39 is 0 Å². The molecular weight excluding hydrogens is 524 g/mol. The fourth-order valence-electron chi connectivity index (χ4n) is 6.03. The lowest BCUT2D eigenvalue weighted by molar-refractivity contribution is 0.251. The number of urea groups is 1. The number of hydrogen-bond donors (Lipinski definition) is 3. The fraction of sp³-hybridized carbons (Fsp3) is 0.324. The Morgan fingerprint density at radius 2 is 1.79 bits per heavy atom. The number of aromatic nitrogens is 2. The summed E-state index contributed by atoms with van der Waals surface area (Å²) in [6.07, 6.45) is 6.55. The Morgan fingerprint density at radius 1 is 1.00 bits per heavy atom. The van der Waals surface area contributed by atoms with Gasteiger partial charge in [-0.2, -0.15) is 0 Å². The number of anilines is 2. The van der Waals surface area contributed by atoms with Crippen molar-refractivity contribution in [1.29, 1.82) is 0 Å². The molecule has 2 heterocycles. The Bertz CT molecular complexity index is 1520. The summed E-state index contributed by atoms with van der Waals surface area (Å²) in [6, 6.07) is 24.0. The van der Waals surface area contributed by atoms with Gasteiger partial charge in [0.15, 0.2) is 0 Å². The summed E-state index contributed by atoms with van der Waals surface area (Å²) >= 11 is 0. The number of ether oxygens (including phenoxy) is 1. The number of likely N-dealkylation sites (tertiary alicyclic amines) is 1. The number of para-hydroxylation sites is 1. The molecule has 3 N–H and O–H groups in total. The van der Waals surface area contributed by atoms with Crippen LogP contribution in [-0.2, 0) is 13.0 Å². The zero-order valence-electron chi connectivity index (χ0n) is 24.1. The van der Waals surface area contributed by atoms with Crippen LogP contribution in [0.25, 0.3) is 11.3 Å². The van der Waals surface area contributed by atoms with Crippen LogP contribution in [0.15, 0.2) is 79.0 Å². The van der Waals surface area contributed by atoms with E-state index in [-0.39, 0.29) is 11.9 Å². The average Bonchev–Trinajstić information content (AvgIpc) is 3.56. The summed E-state index contributed by atoms with van der Waals surface area (Å²) in [5, 5.41) is 9.29. The first-order chi connectivity index (χ1) is 20.7. The average molecular weight is 563 g/mol. The molecule has 8 nitrogen and oxygen atoms in total. The topological polar surface area (TPSA) is 91.4 Å². The number of carbonyl (C=O) groups is 1. The zero-order chi connectivity index (χ0) is 28.7. The van der Waals surface area contributed by atoms with Gasteiger partial charge in [0.25, 0.3) is 0 Å². The zero-order valence-corrected chi connectivity index (χ0v) is 24.1. The summed E-state index contributed by atoms with van der Waals surface area (Å²) in [7, 11) is 1.63. The number of nitrogens with zero attached hydrogens (tertiary/aromatic N) is 3. The molecule has 216 valence electrons. The molecule has 3 aromatic carbocycles. The molecule has 2 aliphatic rings. The number of fused-ring (bicyclic) bond motifs is 3. The number of rotatable bonds is 10. The summed E-state index contributed by atoms with van der Waals surface area (Å²) in [5.41, 5.74) is 7.44. The minimum absolute atomic E-state index is 0.185. The second-order valence-electron chi connectivity index (χ2n) is 11.0. The molecule has 8 heteroatoms. The molecule has 4 aromatic rings. The lowest BCUT2D eigenvalue weighted by atomic mass is 9.78. The van der Waals surface area contributed by atoms with E-state index in [1.54, 1.807) is 7.11 Å². The maximum absolute atomic E-state index is 12.6. The Kier molecular flexibility index (Phi) is 8.61. The van der Waals surface area contributed by atoms with Gasteiger partial charge in [-0.05, 0) is 80.2 Å². The van der Waals surface area contributed by atoms with Gasteiger partial charge in [-0.25, -0.2) is 14.8 Å². The van der Waals surface area contributed by atoms with Crippen molar-refractivity contribution in [3.63, 3.8) is 0 Å². The van der Waals surface area contributed by atoms with Crippen molar-refractivity contribution in [2.45, 2.75) is 38.1 Å². The summed E-state index contributed by atoms with van der Waals surface area (Å²) in [6.45, 7) is 4.84. The lowest BCUT2D eigenvalue weighted by Crippen LogP contribution is -2.28. The van der Waals surface area contributed by atoms with Gasteiger partial charge in [-0.3, -0.25) is 0 Å². The number of nitrogens with one attached hydrogen (secondary N) is 3. The van der Waals surface area contributed by atoms with Crippen molar-refractivity contribution in [3.05, 3.63) is 101 Å². The second kappa shape index (κ2) is 13.0. The van der Waals surface area contributed by atoms with Gasteiger partial charge in [-0.15, -0.1) is 0 Å². The van der Waals surface area contributed by atoms with Crippen LogP contribution in [0.4, 0.5) is 16.4 Å². The van der Waals surface area contributed by atoms with Crippen LogP contribution in [0, 0.1) is 0 Å². The van der Waals surface area contributed by atoms with Crippen LogP contribution < -0.4 is 20.7 Å². The highest BCUT2D eigenvalue weighted by Crippen LogP contribution is 2.42. The van der Waals surface area contributed by atoms with E-state index in [1.165, 1.54) is 37.1 Å². The first-order valence-corrected chi connectivity index (χ1v) is 14.9. The van der Waals surface area contributed by atoms with E-state index in [4.69, 9.17) is 9.72 Å². The molecule has 1 aliphatic carbocycles. The highest BCUT2D eigenvalue weighted by atomic mass is 16.5. The molecule has 0 bridgehead atoms. The van der Waals surface area contributed by atoms with Crippen LogP contribution in [0.2, 0.25) is 0 Å². The standard InChI is InChI=1S/C34H38N6O2/c1-42-31-12-5-2-9-25(31)22-37-34(41)38-27-15-13-24(14-16-27)30-21-26-23-36-33(35-17-8-20-40-18-6-7-19-40)39-32(26)29-11-4-3-10-28(29)30/h2-5,9-16,23,30H,6-8,17-22H2,1H3,(H,35,36,39)(H2,37,38,41). The van der Waals surface area contributed by atoms with Gasteiger partial charge in [0.05, 0.1) is 12.8 Å². The van der Waals surface area contributed by atoms with Gasteiger partial charge in [0.2, 0.25) is 5.95 Å². The van der Waals surface area contributed by atoms with Crippen molar-refractivity contribution in [3.8, 4) is 17.0 Å². The summed E-state index contributed by atoms with van der Waals surface area (Å²) in [4.78, 5) is 24.7. The Morgan fingerprint density at radius 3 is 2.62 bits per heavy atom. The quantitative estimate of drug-likeness (QED) is 0.204. The van der Waals surface area contributed by atoms with Crippen LogP contribution >= 0.6 is 0 Å². The van der Waals surface area contributed by atoms with Crippen LogP contribution in [-0.4, -0.2) is 54.2 Å². The SMILES string of the molecule is COc1ccccc1CNC(=O)Nc1ccc(C2Cc3cnc(NCCCN4CCCC4)nc3-c3ccccc32)cc1. The van der Waals surface area contributed by atoms with Gasteiger partial charge in [0, 0.05) is 42.0 Å². The van der Waals surface area contributed by atoms with Crippen LogP contribution in [0.5, 0.6) is 5.75 Å². The second-order valence-corrected chi connectivity index (χ2v) is 11.0. The highest BCUT2D eigenvalue weighted by molar-refractivity contribution is 5.89. The molecule has 42 heavy (non-hydrogen) atoms. The van der Waals surface area contributed by atoms with Gasteiger partial charge in [-0.1, -0.05) is 54.6 Å². The third-order valence-electron chi connectivity index (χ3n) is 8.22. The first-order valence-electron chi connectivity index (χ1n) is 14.9. The number of methoxy groups -OCH3 is 1. The van der Waals surface area contributed by atoms with E-state index >= 15 is 0 Å². The molecule has 0 spiro atoms. The van der Waals surface area contributed by atoms with Crippen molar-refractivity contribution in [1.82, 2.24) is 20.2 Å². The molecule has 2 amide bonds. The van der Waals surface area contributed by atoms with Gasteiger partial charge in [0.1, 0.15) is 5.75 Å². The lowest BCUT2D eigenvalue weighted by Gasteiger charge is -2.27. The third kappa shape index (κ3) is 6.39. The van der Waals surface area contributed by atoms with Crippen molar-refractivity contribution in [2.75, 3.05) is 43.9 Å². The Balaban J connectivity index is 1.09. The number of carbonyl (C=O) groups excluding carboxylic acids is 1. The molecule has 1 unspecified atom stereocenters. The molecule has 1 saturated heterocycles. The van der Waals surface area contributed by atoms with E-state index in [0.29, 0.717) is 12.5 Å². The summed E-state index contributed by atoms with van der Waals surface area (Å²) in [5.74, 6) is 1.63. The Labute approximate surface area is 247 Å². The van der Waals surface area contributed by atoms with Crippen molar-refractivity contribution in [2.24, 2.45) is 0 Å². The van der Waals surface area contributed by atoms with E-state index in [9.17, 15) is 4.79 Å². The summed E-state index contributed by atoms with van der Waals surface area (Å²) < 4.78 is 5.37. The van der Waals surface area contributed by atoms with Crippen LogP contribution in [0.1, 0.15) is 47.4 Å². The molecule has 1 fully saturated rings. The van der Waals surface area contributed by atoms with Crippen molar-refractivity contribution >= 4 is 17.7 Å². The van der Waals surface area contributed by atoms with E-state index in [0.717, 1.165) is 59.8 Å². The van der Waals surface area contributed by atoms with Crippen molar-refractivity contribution < 1.29 is 9.53 Å². The molecule has 1 atom stereocenters. The van der Waals surface area contributed by atoms with Crippen LogP contribution in [0.3, 0.4) is 0 Å². The minimum Gasteiger partial charge on any atom is -0.496 e. The molecular formula is C34H38N6O2. The largest absolute Gasteiger partial charge is 0.496 e. The minimum atomic E-state index is -0.261. The molecule has 1 aromatic heterocycles. The molecule has 1 aliphatic heterocycles. The van der Waals surface area contributed by atoms with E-state index in [2.05, 4.69) is 62.2 Å². The monoisotopic (exact) mass is 562 g/mol. The van der Waals surface area contributed by atoms with E-state index in [1.807, 2.05) is 42.6 Å². The smallest absolute Gasteiger partial charge is 0.319 e. The van der Waals surface area contributed by atoms with Gasteiger partial charge >= 0.3 is 6.03 Å². The van der Waals surface area contributed by atoms with Gasteiger partial charge < -0.3 is 25.6 Å². The molecule has 0 saturated carbocycles. The fourth-order valence-corrected chi connectivity index (χ4v) is 6.03. The number of benzene rings is 3.